The first-order valence-electron chi connectivity index (χ1n) is 6.74. The summed E-state index contributed by atoms with van der Waals surface area (Å²) in [5, 5.41) is 5.51. The maximum atomic E-state index is 12.0. The summed E-state index contributed by atoms with van der Waals surface area (Å²) >= 11 is 0. The van der Waals surface area contributed by atoms with Gasteiger partial charge in [-0.3, -0.25) is 14.6 Å². The van der Waals surface area contributed by atoms with Gasteiger partial charge in [0, 0.05) is 31.8 Å². The molecule has 1 fully saturated rings. The molecule has 1 aliphatic rings. The number of carbonyl (C=O) groups excluding carboxylic acids is 2. The molecule has 0 radical (unpaired) electrons. The lowest BCUT2D eigenvalue weighted by atomic mass is 10.2. The van der Waals surface area contributed by atoms with Gasteiger partial charge in [-0.15, -0.1) is 0 Å². The molecular weight excluding hydrogens is 258 g/mol. The molecule has 6 heteroatoms. The second-order valence-corrected chi connectivity index (χ2v) is 4.79. The first kappa shape index (κ1) is 14.5. The number of ether oxygens (including phenoxy) is 1. The third-order valence-corrected chi connectivity index (χ3v) is 3.11. The molecule has 1 atom stereocenters. The van der Waals surface area contributed by atoms with Gasteiger partial charge < -0.3 is 15.4 Å². The number of nitrogens with one attached hydrogen (secondary N) is 2. The number of nitrogens with zero attached hydrogens (tertiary/aromatic N) is 1. The highest BCUT2D eigenvalue weighted by Gasteiger charge is 2.16. The van der Waals surface area contributed by atoms with Crippen LogP contribution in [0.4, 0.5) is 0 Å². The summed E-state index contributed by atoms with van der Waals surface area (Å²) in [4.78, 5) is 27.0. The smallest absolute Gasteiger partial charge is 0.251 e. The number of rotatable bonds is 5. The summed E-state index contributed by atoms with van der Waals surface area (Å²) < 4.78 is 5.45. The van der Waals surface area contributed by atoms with Crippen molar-refractivity contribution in [2.24, 2.45) is 0 Å². The number of pyridine rings is 1. The molecule has 0 spiro atoms. The Morgan fingerprint density at radius 2 is 2.30 bits per heavy atom. The minimum absolute atomic E-state index is 0.125. The van der Waals surface area contributed by atoms with Crippen LogP contribution >= 0.6 is 0 Å². The summed E-state index contributed by atoms with van der Waals surface area (Å²) in [7, 11) is 0. The van der Waals surface area contributed by atoms with Gasteiger partial charge in [0.15, 0.2) is 0 Å². The van der Waals surface area contributed by atoms with Crippen LogP contribution in [0.3, 0.4) is 0 Å². The van der Waals surface area contributed by atoms with Gasteiger partial charge >= 0.3 is 0 Å². The highest BCUT2D eigenvalue weighted by Crippen LogP contribution is 2.11. The van der Waals surface area contributed by atoms with Crippen molar-refractivity contribution < 1.29 is 14.3 Å². The van der Waals surface area contributed by atoms with Crippen LogP contribution in [0.2, 0.25) is 0 Å². The fourth-order valence-corrected chi connectivity index (χ4v) is 2.05. The zero-order valence-corrected chi connectivity index (χ0v) is 11.5. The fourth-order valence-electron chi connectivity index (χ4n) is 2.05. The van der Waals surface area contributed by atoms with Gasteiger partial charge in [0.05, 0.1) is 18.3 Å². The van der Waals surface area contributed by atoms with E-state index in [1.165, 1.54) is 6.92 Å². The van der Waals surface area contributed by atoms with Crippen molar-refractivity contribution in [1.82, 2.24) is 15.6 Å². The van der Waals surface area contributed by atoms with E-state index in [4.69, 9.17) is 4.74 Å². The first-order chi connectivity index (χ1) is 9.65. The zero-order valence-electron chi connectivity index (χ0n) is 11.5. The van der Waals surface area contributed by atoms with Crippen LogP contribution in [0.1, 0.15) is 35.8 Å². The van der Waals surface area contributed by atoms with Crippen molar-refractivity contribution in [3.8, 4) is 0 Å². The molecule has 1 unspecified atom stereocenters. The van der Waals surface area contributed by atoms with Crippen LogP contribution < -0.4 is 10.6 Å². The van der Waals surface area contributed by atoms with E-state index in [1.54, 1.807) is 18.3 Å². The van der Waals surface area contributed by atoms with Gasteiger partial charge in [0.2, 0.25) is 5.91 Å². The molecule has 20 heavy (non-hydrogen) atoms. The minimum Gasteiger partial charge on any atom is -0.376 e. The maximum Gasteiger partial charge on any atom is 0.251 e. The van der Waals surface area contributed by atoms with E-state index in [-0.39, 0.29) is 17.9 Å². The van der Waals surface area contributed by atoms with Crippen LogP contribution in [0, 0.1) is 0 Å². The predicted octanol–water partition coefficient (Wildman–Crippen LogP) is 0.626. The van der Waals surface area contributed by atoms with Gasteiger partial charge in [0.1, 0.15) is 0 Å². The zero-order chi connectivity index (χ0) is 14.4. The standard InChI is InChI=1S/C14H19N3O3/c1-10(18)16-8-12-7-11(4-5-15-12)14(19)17-9-13-3-2-6-20-13/h4-5,7,13H,2-3,6,8-9H2,1H3,(H,16,18)(H,17,19). The molecule has 108 valence electrons. The molecule has 0 bridgehead atoms. The Bertz CT molecular complexity index is 484. The second-order valence-electron chi connectivity index (χ2n) is 4.79. The van der Waals surface area contributed by atoms with E-state index in [0.717, 1.165) is 19.4 Å². The monoisotopic (exact) mass is 277 g/mol. The largest absolute Gasteiger partial charge is 0.376 e. The van der Waals surface area contributed by atoms with Crippen LogP contribution in [-0.2, 0) is 16.1 Å². The number of amides is 2. The summed E-state index contributed by atoms with van der Waals surface area (Å²) in [6.07, 6.45) is 3.73. The molecule has 0 aliphatic carbocycles. The van der Waals surface area contributed by atoms with Gasteiger partial charge in [-0.2, -0.15) is 0 Å². The highest BCUT2D eigenvalue weighted by molar-refractivity contribution is 5.94. The number of hydrogen-bond donors (Lipinski definition) is 2. The van der Waals surface area contributed by atoms with E-state index < -0.39 is 0 Å². The molecule has 2 heterocycles. The Balaban J connectivity index is 1.88. The predicted molar refractivity (Wildman–Crippen MR) is 73.1 cm³/mol. The topological polar surface area (TPSA) is 80.3 Å². The average Bonchev–Trinajstić information content (AvgIpc) is 2.96. The average molecular weight is 277 g/mol. The lowest BCUT2D eigenvalue weighted by molar-refractivity contribution is -0.119. The molecule has 1 aliphatic heterocycles. The Kier molecular flexibility index (Phi) is 5.06. The van der Waals surface area contributed by atoms with E-state index in [0.29, 0.717) is 24.3 Å². The number of aromatic nitrogens is 1. The van der Waals surface area contributed by atoms with E-state index in [9.17, 15) is 9.59 Å². The third-order valence-electron chi connectivity index (χ3n) is 3.11. The minimum atomic E-state index is -0.146. The van der Waals surface area contributed by atoms with Gasteiger partial charge in [-0.1, -0.05) is 0 Å². The summed E-state index contributed by atoms with van der Waals surface area (Å²) in [5.41, 5.74) is 1.20. The number of hydrogen-bond acceptors (Lipinski definition) is 4. The maximum absolute atomic E-state index is 12.0. The Labute approximate surface area is 117 Å². The van der Waals surface area contributed by atoms with Crippen molar-refractivity contribution in [3.63, 3.8) is 0 Å². The highest BCUT2D eigenvalue weighted by atomic mass is 16.5. The molecule has 1 aromatic heterocycles. The number of carbonyl (C=O) groups is 2. The van der Waals surface area contributed by atoms with Gasteiger partial charge in [-0.25, -0.2) is 0 Å². The quantitative estimate of drug-likeness (QED) is 0.827. The molecule has 1 saturated heterocycles. The molecule has 6 nitrogen and oxygen atoms in total. The summed E-state index contributed by atoms with van der Waals surface area (Å²) in [5.74, 6) is -0.271. The molecule has 2 amide bonds. The molecule has 2 rings (SSSR count). The first-order valence-corrected chi connectivity index (χ1v) is 6.74. The van der Waals surface area contributed by atoms with Gasteiger partial charge in [-0.05, 0) is 25.0 Å². The Hall–Kier alpha value is -1.95. The molecule has 1 aromatic rings. The lowest BCUT2D eigenvalue weighted by Gasteiger charge is -2.11. The van der Waals surface area contributed by atoms with Gasteiger partial charge in [0.25, 0.3) is 5.91 Å². The molecule has 2 N–H and O–H groups in total. The van der Waals surface area contributed by atoms with Crippen molar-refractivity contribution in [2.75, 3.05) is 13.2 Å². The molecular formula is C14H19N3O3. The normalized spacial score (nSPS) is 17.8. The van der Waals surface area contributed by atoms with E-state index >= 15 is 0 Å². The van der Waals surface area contributed by atoms with Crippen LogP contribution in [0.25, 0.3) is 0 Å². The SMILES string of the molecule is CC(=O)NCc1cc(C(=O)NCC2CCCO2)ccn1. The van der Waals surface area contributed by atoms with Crippen molar-refractivity contribution in [2.45, 2.75) is 32.4 Å². The fraction of sp³-hybridized carbons (Fsp3) is 0.500. The Morgan fingerprint density at radius 3 is 3.00 bits per heavy atom. The summed E-state index contributed by atoms with van der Waals surface area (Å²) in [6, 6.07) is 3.34. The van der Waals surface area contributed by atoms with Crippen molar-refractivity contribution in [3.05, 3.63) is 29.6 Å². The molecule has 0 saturated carbocycles. The van der Waals surface area contributed by atoms with Crippen LogP contribution in [-0.4, -0.2) is 36.1 Å². The van der Waals surface area contributed by atoms with Crippen LogP contribution in [0.5, 0.6) is 0 Å². The molecule has 0 aromatic carbocycles. The second kappa shape index (κ2) is 7.00. The van der Waals surface area contributed by atoms with Crippen molar-refractivity contribution in [1.29, 1.82) is 0 Å². The summed E-state index contributed by atoms with van der Waals surface area (Å²) in [6.45, 7) is 3.07. The van der Waals surface area contributed by atoms with E-state index in [2.05, 4.69) is 15.6 Å². The third kappa shape index (κ3) is 4.31. The van der Waals surface area contributed by atoms with E-state index in [1.807, 2.05) is 0 Å². The Morgan fingerprint density at radius 1 is 1.45 bits per heavy atom. The lowest BCUT2D eigenvalue weighted by Crippen LogP contribution is -2.31. The van der Waals surface area contributed by atoms with Crippen LogP contribution in [0.15, 0.2) is 18.3 Å². The van der Waals surface area contributed by atoms with Crippen molar-refractivity contribution >= 4 is 11.8 Å².